The number of nitrogens with zero attached hydrogens (tertiary/aromatic N) is 2. The molecule has 0 atom stereocenters. The van der Waals surface area contributed by atoms with Crippen molar-refractivity contribution in [1.29, 1.82) is 0 Å². The molecule has 0 unspecified atom stereocenters. The lowest BCUT2D eigenvalue weighted by Crippen LogP contribution is -1.96. The van der Waals surface area contributed by atoms with Crippen molar-refractivity contribution in [2.75, 3.05) is 0 Å². The van der Waals surface area contributed by atoms with E-state index in [1.54, 1.807) is 0 Å². The molecule has 0 fully saturated rings. The summed E-state index contributed by atoms with van der Waals surface area (Å²) in [7, 11) is 0. The van der Waals surface area contributed by atoms with Crippen LogP contribution in [-0.2, 0) is 6.54 Å². The van der Waals surface area contributed by atoms with Crippen LogP contribution in [0.25, 0.3) is 0 Å². The van der Waals surface area contributed by atoms with Gasteiger partial charge >= 0.3 is 5.97 Å². The first-order valence-corrected chi connectivity index (χ1v) is 2.93. The fraction of sp³-hybridized carbons (Fsp3) is 0.143. The highest BCUT2D eigenvalue weighted by Gasteiger charge is 2.03. The van der Waals surface area contributed by atoms with Crippen molar-refractivity contribution in [3.63, 3.8) is 0 Å². The van der Waals surface area contributed by atoms with Crippen LogP contribution in [0, 0.1) is 12.3 Å². The summed E-state index contributed by atoms with van der Waals surface area (Å²) >= 11 is 0. The Kier molecular flexibility index (Phi) is 1.93. The van der Waals surface area contributed by atoms with E-state index in [1.807, 2.05) is 0 Å². The molecule has 0 amide bonds. The van der Waals surface area contributed by atoms with E-state index in [4.69, 9.17) is 11.5 Å². The predicted octanol–water partition coefficient (Wildman–Crippen LogP) is 0.214. The highest BCUT2D eigenvalue weighted by molar-refractivity contribution is 5.86. The molecule has 0 aliphatic carbocycles. The third kappa shape index (κ3) is 1.58. The minimum absolute atomic E-state index is 0.153. The van der Waals surface area contributed by atoms with Gasteiger partial charge in [0.2, 0.25) is 0 Å². The van der Waals surface area contributed by atoms with E-state index in [-0.39, 0.29) is 5.56 Å². The summed E-state index contributed by atoms with van der Waals surface area (Å²) in [5, 5.41) is 12.2. The van der Waals surface area contributed by atoms with Gasteiger partial charge in [0, 0.05) is 6.20 Å². The average Bonchev–Trinajstić information content (AvgIpc) is 2.37. The van der Waals surface area contributed by atoms with Crippen molar-refractivity contribution in [1.82, 2.24) is 9.78 Å². The number of terminal acetylenes is 1. The quantitative estimate of drug-likeness (QED) is 0.613. The maximum absolute atomic E-state index is 10.3. The molecule has 1 N–H and O–H groups in total. The number of carboxylic acid groups (broad SMARTS) is 1. The van der Waals surface area contributed by atoms with Crippen molar-refractivity contribution in [3.8, 4) is 12.3 Å². The Hall–Kier alpha value is -1.76. The lowest BCUT2D eigenvalue weighted by Gasteiger charge is -1.88. The van der Waals surface area contributed by atoms with E-state index >= 15 is 0 Å². The van der Waals surface area contributed by atoms with Crippen molar-refractivity contribution in [2.45, 2.75) is 6.54 Å². The Labute approximate surface area is 63.5 Å². The van der Waals surface area contributed by atoms with Crippen LogP contribution >= 0.6 is 0 Å². The Balaban J connectivity index is 2.83. The molecule has 0 spiro atoms. The van der Waals surface area contributed by atoms with Crippen LogP contribution in [0.5, 0.6) is 0 Å². The summed E-state index contributed by atoms with van der Waals surface area (Å²) in [4.78, 5) is 10.3. The molecule has 11 heavy (non-hydrogen) atoms. The third-order valence-electron chi connectivity index (χ3n) is 1.13. The number of rotatable bonds is 2. The van der Waals surface area contributed by atoms with Crippen LogP contribution in [0.15, 0.2) is 12.4 Å². The fourth-order valence-electron chi connectivity index (χ4n) is 0.654. The van der Waals surface area contributed by atoms with Crippen LogP contribution in [0.4, 0.5) is 0 Å². The molecule has 4 nitrogen and oxygen atoms in total. The summed E-state index contributed by atoms with van der Waals surface area (Å²) in [6, 6.07) is 0. The molecule has 4 heteroatoms. The lowest BCUT2D eigenvalue weighted by atomic mass is 10.4. The molecule has 0 aromatic carbocycles. The maximum Gasteiger partial charge on any atom is 0.338 e. The van der Waals surface area contributed by atoms with E-state index in [0.29, 0.717) is 6.54 Å². The second-order valence-electron chi connectivity index (χ2n) is 1.94. The Morgan fingerprint density at radius 2 is 2.64 bits per heavy atom. The zero-order valence-electron chi connectivity index (χ0n) is 5.69. The predicted molar refractivity (Wildman–Crippen MR) is 38.0 cm³/mol. The van der Waals surface area contributed by atoms with Gasteiger partial charge in [-0.25, -0.2) is 4.79 Å². The molecule has 1 aromatic heterocycles. The first kappa shape index (κ1) is 7.35. The number of aromatic nitrogens is 2. The molecule has 1 rings (SSSR count). The number of carbonyl (C=O) groups is 1. The van der Waals surface area contributed by atoms with Gasteiger partial charge in [-0.1, -0.05) is 5.92 Å². The summed E-state index contributed by atoms with van der Waals surface area (Å²) in [6.45, 7) is 0.299. The first-order valence-electron chi connectivity index (χ1n) is 2.93. The molecule has 0 radical (unpaired) electrons. The molecule has 0 saturated carbocycles. The summed E-state index contributed by atoms with van der Waals surface area (Å²) < 4.78 is 1.39. The van der Waals surface area contributed by atoms with E-state index in [1.165, 1.54) is 17.1 Å². The van der Waals surface area contributed by atoms with Crippen molar-refractivity contribution >= 4 is 5.97 Å². The fourth-order valence-corrected chi connectivity index (χ4v) is 0.654. The van der Waals surface area contributed by atoms with E-state index in [9.17, 15) is 4.79 Å². The van der Waals surface area contributed by atoms with Crippen LogP contribution in [0.1, 0.15) is 10.4 Å². The lowest BCUT2D eigenvalue weighted by molar-refractivity contribution is 0.0697. The van der Waals surface area contributed by atoms with Gasteiger partial charge in [-0.3, -0.25) is 4.68 Å². The highest BCUT2D eigenvalue weighted by Crippen LogP contribution is 1.95. The minimum atomic E-state index is -0.992. The van der Waals surface area contributed by atoms with Gasteiger partial charge in [-0.2, -0.15) is 5.10 Å². The zero-order chi connectivity index (χ0) is 8.27. The summed E-state index contributed by atoms with van der Waals surface area (Å²) in [6.07, 6.45) is 7.64. The summed E-state index contributed by atoms with van der Waals surface area (Å²) in [5.74, 6) is 1.35. The standard InChI is InChI=1S/C7H6N2O2/c1-2-3-9-5-6(4-8-9)7(10)11/h1,4-5H,3H2,(H,10,11). The van der Waals surface area contributed by atoms with E-state index in [0.717, 1.165) is 0 Å². The normalized spacial score (nSPS) is 9.00. The molecular weight excluding hydrogens is 144 g/mol. The van der Waals surface area contributed by atoms with Gasteiger partial charge in [0.05, 0.1) is 11.8 Å². The smallest absolute Gasteiger partial charge is 0.338 e. The minimum Gasteiger partial charge on any atom is -0.478 e. The van der Waals surface area contributed by atoms with Gasteiger partial charge in [0.15, 0.2) is 0 Å². The molecule has 0 aliphatic heterocycles. The van der Waals surface area contributed by atoms with Crippen LogP contribution in [0.2, 0.25) is 0 Å². The van der Waals surface area contributed by atoms with Gasteiger partial charge in [-0.15, -0.1) is 6.42 Å². The molecule has 0 bridgehead atoms. The Bertz CT molecular complexity index is 308. The van der Waals surface area contributed by atoms with E-state index in [2.05, 4.69) is 11.0 Å². The number of hydrogen-bond acceptors (Lipinski definition) is 2. The second-order valence-corrected chi connectivity index (χ2v) is 1.94. The summed E-state index contributed by atoms with van der Waals surface area (Å²) in [5.41, 5.74) is 0.153. The molecule has 0 aliphatic rings. The molecule has 1 heterocycles. The third-order valence-corrected chi connectivity index (χ3v) is 1.13. The molecule has 0 saturated heterocycles. The first-order chi connectivity index (χ1) is 5.24. The number of carboxylic acids is 1. The molecule has 56 valence electrons. The van der Waals surface area contributed by atoms with Crippen molar-refractivity contribution in [2.24, 2.45) is 0 Å². The Morgan fingerprint density at radius 1 is 1.91 bits per heavy atom. The number of hydrogen-bond donors (Lipinski definition) is 1. The van der Waals surface area contributed by atoms with Gasteiger partial charge in [0.25, 0.3) is 0 Å². The van der Waals surface area contributed by atoms with Crippen molar-refractivity contribution in [3.05, 3.63) is 18.0 Å². The highest BCUT2D eigenvalue weighted by atomic mass is 16.4. The maximum atomic E-state index is 10.3. The SMILES string of the molecule is C#CCn1cc(C(=O)O)cn1. The number of aromatic carboxylic acids is 1. The van der Waals surface area contributed by atoms with Crippen LogP contribution < -0.4 is 0 Å². The van der Waals surface area contributed by atoms with Crippen LogP contribution in [0.3, 0.4) is 0 Å². The largest absolute Gasteiger partial charge is 0.478 e. The van der Waals surface area contributed by atoms with E-state index < -0.39 is 5.97 Å². The Morgan fingerprint density at radius 3 is 3.09 bits per heavy atom. The average molecular weight is 150 g/mol. The second kappa shape index (κ2) is 2.88. The van der Waals surface area contributed by atoms with Crippen LogP contribution in [-0.4, -0.2) is 20.9 Å². The topological polar surface area (TPSA) is 55.1 Å². The molecule has 1 aromatic rings. The van der Waals surface area contributed by atoms with Gasteiger partial charge < -0.3 is 5.11 Å². The monoisotopic (exact) mass is 150 g/mol. The van der Waals surface area contributed by atoms with Gasteiger partial charge in [0.1, 0.15) is 6.54 Å². The van der Waals surface area contributed by atoms with Crippen molar-refractivity contribution < 1.29 is 9.90 Å². The molecular formula is C7H6N2O2. The van der Waals surface area contributed by atoms with Gasteiger partial charge in [-0.05, 0) is 0 Å². The zero-order valence-corrected chi connectivity index (χ0v) is 5.69.